The third-order valence-corrected chi connectivity index (χ3v) is 2.51. The van der Waals surface area contributed by atoms with Crippen LogP contribution in [0.5, 0.6) is 0 Å². The number of ketones is 1. The van der Waals surface area contributed by atoms with Crippen LogP contribution in [0.25, 0.3) is 0 Å². The van der Waals surface area contributed by atoms with Crippen LogP contribution in [-0.2, 0) is 4.79 Å². The van der Waals surface area contributed by atoms with Gasteiger partial charge in [-0.2, -0.15) is 0 Å². The third-order valence-electron chi connectivity index (χ3n) is 2.51. The molecule has 0 aliphatic heterocycles. The largest absolute Gasteiger partial charge is 0.305 e. The first kappa shape index (κ1) is 16.6. The number of likely N-dealkylation sites (N-methyl/N-ethyl adjacent to an activating group) is 1. The van der Waals surface area contributed by atoms with E-state index in [1.54, 1.807) is 0 Å². The molecular formula is C14H30N2O. The van der Waals surface area contributed by atoms with E-state index in [0.29, 0.717) is 18.5 Å². The zero-order valence-electron chi connectivity index (χ0n) is 12.7. The summed E-state index contributed by atoms with van der Waals surface area (Å²) in [5.74, 6) is 0.260. The van der Waals surface area contributed by atoms with E-state index in [9.17, 15) is 4.79 Å². The number of carbonyl (C=O) groups excluding carboxylic acids is 1. The van der Waals surface area contributed by atoms with Crippen LogP contribution in [0.4, 0.5) is 0 Å². The van der Waals surface area contributed by atoms with Gasteiger partial charge in [0.05, 0.1) is 13.1 Å². The Morgan fingerprint density at radius 3 is 2.06 bits per heavy atom. The van der Waals surface area contributed by atoms with Crippen molar-refractivity contribution < 1.29 is 4.79 Å². The minimum Gasteiger partial charge on any atom is -0.305 e. The lowest BCUT2D eigenvalue weighted by Crippen LogP contribution is -2.42. The van der Waals surface area contributed by atoms with E-state index >= 15 is 0 Å². The van der Waals surface area contributed by atoms with Crippen molar-refractivity contribution in [3.05, 3.63) is 0 Å². The Morgan fingerprint density at radius 1 is 1.12 bits per heavy atom. The van der Waals surface area contributed by atoms with E-state index < -0.39 is 0 Å². The van der Waals surface area contributed by atoms with Crippen molar-refractivity contribution in [2.24, 2.45) is 5.41 Å². The van der Waals surface area contributed by atoms with Gasteiger partial charge < -0.3 is 5.32 Å². The maximum absolute atomic E-state index is 11.7. The first-order valence-corrected chi connectivity index (χ1v) is 6.45. The van der Waals surface area contributed by atoms with Crippen LogP contribution in [-0.4, -0.2) is 42.9 Å². The molecule has 0 amide bonds. The topological polar surface area (TPSA) is 32.3 Å². The van der Waals surface area contributed by atoms with Crippen LogP contribution in [0.15, 0.2) is 0 Å². The molecule has 0 aromatic carbocycles. The Kier molecular flexibility index (Phi) is 6.35. The van der Waals surface area contributed by atoms with Gasteiger partial charge in [-0.3, -0.25) is 9.69 Å². The summed E-state index contributed by atoms with van der Waals surface area (Å²) < 4.78 is 0. The summed E-state index contributed by atoms with van der Waals surface area (Å²) in [6, 6.07) is 0. The molecule has 0 fully saturated rings. The Morgan fingerprint density at radius 2 is 1.65 bits per heavy atom. The highest BCUT2D eigenvalue weighted by molar-refractivity contribution is 5.82. The molecule has 0 aromatic rings. The highest BCUT2D eigenvalue weighted by Crippen LogP contribution is 2.18. The summed E-state index contributed by atoms with van der Waals surface area (Å²) in [5, 5.41) is 3.22. The smallest absolute Gasteiger partial charge is 0.160 e. The number of nitrogens with zero attached hydrogens (tertiary/aromatic N) is 1. The van der Waals surface area contributed by atoms with Gasteiger partial charge in [0.25, 0.3) is 0 Å². The molecule has 0 unspecified atom stereocenters. The summed E-state index contributed by atoms with van der Waals surface area (Å²) in [4.78, 5) is 13.8. The van der Waals surface area contributed by atoms with Gasteiger partial charge in [-0.1, -0.05) is 20.8 Å². The molecule has 0 saturated carbocycles. The highest BCUT2D eigenvalue weighted by atomic mass is 16.1. The normalized spacial score (nSPS) is 13.2. The van der Waals surface area contributed by atoms with Gasteiger partial charge in [0.1, 0.15) is 0 Å². The molecule has 3 heteroatoms. The van der Waals surface area contributed by atoms with Crippen molar-refractivity contribution in [3.63, 3.8) is 0 Å². The standard InChI is InChI=1S/C14H30N2O/c1-13(2,3)8-9-16(7)11-12(17)10-15-14(4,5)6/h15H,8-11H2,1-7H3. The van der Waals surface area contributed by atoms with Crippen molar-refractivity contribution in [1.29, 1.82) is 0 Å². The summed E-state index contributed by atoms with van der Waals surface area (Å²) >= 11 is 0. The number of nitrogens with one attached hydrogen (secondary N) is 1. The van der Waals surface area contributed by atoms with E-state index in [1.165, 1.54) is 0 Å². The number of hydrogen-bond donors (Lipinski definition) is 1. The number of hydrogen-bond acceptors (Lipinski definition) is 3. The van der Waals surface area contributed by atoms with Crippen LogP contribution in [0.2, 0.25) is 0 Å². The molecule has 0 aromatic heterocycles. The van der Waals surface area contributed by atoms with Gasteiger partial charge in [0, 0.05) is 5.54 Å². The third kappa shape index (κ3) is 11.8. The minimum absolute atomic E-state index is 0.0135. The maximum atomic E-state index is 11.7. The number of carbonyl (C=O) groups is 1. The van der Waals surface area contributed by atoms with Crippen molar-refractivity contribution >= 4 is 5.78 Å². The second-order valence-corrected chi connectivity index (χ2v) is 7.19. The molecule has 0 atom stereocenters. The maximum Gasteiger partial charge on any atom is 0.160 e. The second kappa shape index (κ2) is 6.50. The number of rotatable bonds is 6. The second-order valence-electron chi connectivity index (χ2n) is 7.19. The molecule has 3 nitrogen and oxygen atoms in total. The minimum atomic E-state index is 0.0135. The van der Waals surface area contributed by atoms with Crippen LogP contribution in [0.3, 0.4) is 0 Å². The summed E-state index contributed by atoms with van der Waals surface area (Å²) in [6.45, 7) is 14.9. The molecule has 1 N–H and O–H groups in total. The van der Waals surface area contributed by atoms with Crippen LogP contribution in [0, 0.1) is 5.41 Å². The Labute approximate surface area is 107 Å². The van der Waals surface area contributed by atoms with Gasteiger partial charge in [-0.15, -0.1) is 0 Å². The first-order valence-electron chi connectivity index (χ1n) is 6.45. The molecule has 0 bridgehead atoms. The monoisotopic (exact) mass is 242 g/mol. The van der Waals surface area contributed by atoms with Gasteiger partial charge in [0.2, 0.25) is 0 Å². The van der Waals surface area contributed by atoms with Crippen LogP contribution in [0.1, 0.15) is 48.0 Å². The molecule has 0 aliphatic carbocycles. The van der Waals surface area contributed by atoms with E-state index in [4.69, 9.17) is 0 Å². The average molecular weight is 242 g/mol. The summed E-state index contributed by atoms with van der Waals surface area (Å²) in [7, 11) is 2.01. The lowest BCUT2D eigenvalue weighted by atomic mass is 9.92. The molecule has 0 saturated heterocycles. The Bertz CT molecular complexity index is 236. The Balaban J connectivity index is 3.81. The fourth-order valence-electron chi connectivity index (χ4n) is 1.33. The molecule has 0 spiro atoms. The highest BCUT2D eigenvalue weighted by Gasteiger charge is 2.15. The zero-order chi connectivity index (χ0) is 13.7. The summed E-state index contributed by atoms with van der Waals surface area (Å²) in [6.07, 6.45) is 1.11. The van der Waals surface area contributed by atoms with E-state index in [0.717, 1.165) is 13.0 Å². The van der Waals surface area contributed by atoms with Gasteiger partial charge in [-0.05, 0) is 46.2 Å². The average Bonchev–Trinajstić information content (AvgIpc) is 2.09. The van der Waals surface area contributed by atoms with E-state index in [-0.39, 0.29) is 11.3 Å². The SMILES string of the molecule is CN(CCC(C)(C)C)CC(=O)CNC(C)(C)C. The van der Waals surface area contributed by atoms with Gasteiger partial charge in [0.15, 0.2) is 5.78 Å². The lowest BCUT2D eigenvalue weighted by Gasteiger charge is -2.24. The fourth-order valence-corrected chi connectivity index (χ4v) is 1.33. The fraction of sp³-hybridized carbons (Fsp3) is 0.929. The lowest BCUT2D eigenvalue weighted by molar-refractivity contribution is -0.119. The van der Waals surface area contributed by atoms with Crippen molar-refractivity contribution in [1.82, 2.24) is 10.2 Å². The van der Waals surface area contributed by atoms with Crippen molar-refractivity contribution in [2.45, 2.75) is 53.5 Å². The van der Waals surface area contributed by atoms with Gasteiger partial charge >= 0.3 is 0 Å². The van der Waals surface area contributed by atoms with Crippen LogP contribution >= 0.6 is 0 Å². The van der Waals surface area contributed by atoms with E-state index in [2.05, 4.69) is 51.8 Å². The van der Waals surface area contributed by atoms with Crippen molar-refractivity contribution in [3.8, 4) is 0 Å². The first-order chi connectivity index (χ1) is 7.49. The number of Topliss-reactive ketones (excluding diaryl/α,β-unsaturated/α-hetero) is 1. The predicted molar refractivity (Wildman–Crippen MR) is 74.3 cm³/mol. The van der Waals surface area contributed by atoms with Crippen LogP contribution < -0.4 is 5.32 Å². The molecule has 102 valence electrons. The molecule has 0 radical (unpaired) electrons. The quantitative estimate of drug-likeness (QED) is 0.776. The zero-order valence-corrected chi connectivity index (χ0v) is 12.7. The van der Waals surface area contributed by atoms with Crippen molar-refractivity contribution in [2.75, 3.05) is 26.7 Å². The van der Waals surface area contributed by atoms with E-state index in [1.807, 2.05) is 7.05 Å². The summed E-state index contributed by atoms with van der Waals surface area (Å²) in [5.41, 5.74) is 0.348. The molecule has 0 heterocycles. The predicted octanol–water partition coefficient (Wildman–Crippen LogP) is 2.31. The van der Waals surface area contributed by atoms with Gasteiger partial charge in [-0.25, -0.2) is 0 Å². The Hall–Kier alpha value is -0.410. The molecule has 0 aliphatic rings. The molecule has 17 heavy (non-hydrogen) atoms. The molecule has 0 rings (SSSR count). The molecular weight excluding hydrogens is 212 g/mol.